The summed E-state index contributed by atoms with van der Waals surface area (Å²) in [6.07, 6.45) is 0. The zero-order valence-electron chi connectivity index (χ0n) is 16.8. The number of methoxy groups -OCH3 is 1. The molecular weight excluding hydrogens is 391 g/mol. The van der Waals surface area contributed by atoms with Crippen LogP contribution in [0.3, 0.4) is 0 Å². The van der Waals surface area contributed by atoms with Gasteiger partial charge in [0, 0.05) is 28.7 Å². The maximum atomic E-state index is 14.2. The molecule has 0 atom stereocenters. The van der Waals surface area contributed by atoms with E-state index in [1.807, 2.05) is 26.2 Å². The number of carbonyl (C=O) groups excluding carboxylic acids is 1. The van der Waals surface area contributed by atoms with Gasteiger partial charge in [-0.3, -0.25) is 4.79 Å². The minimum Gasteiger partial charge on any atom is -0.494 e. The van der Waals surface area contributed by atoms with Crippen LogP contribution in [0.15, 0.2) is 47.8 Å². The molecule has 0 saturated carbocycles. The van der Waals surface area contributed by atoms with Gasteiger partial charge in [0.05, 0.1) is 17.8 Å². The van der Waals surface area contributed by atoms with Crippen molar-refractivity contribution in [1.29, 1.82) is 0 Å². The van der Waals surface area contributed by atoms with Crippen molar-refractivity contribution in [3.8, 4) is 11.5 Å². The lowest BCUT2D eigenvalue weighted by Gasteiger charge is -2.27. The van der Waals surface area contributed by atoms with Crippen LogP contribution in [-0.4, -0.2) is 24.0 Å². The summed E-state index contributed by atoms with van der Waals surface area (Å²) in [6.45, 7) is 6.03. The number of anilines is 1. The minimum absolute atomic E-state index is 0.137. The molecule has 0 aliphatic rings. The molecule has 0 N–H and O–H groups in total. The lowest BCUT2D eigenvalue weighted by Crippen LogP contribution is -2.37. The number of ether oxygens (including phenoxy) is 2. The third kappa shape index (κ3) is 4.92. The fourth-order valence-corrected chi connectivity index (χ4v) is 3.54. The normalized spacial score (nSPS) is 10.8. The third-order valence-corrected chi connectivity index (χ3v) is 5.11. The summed E-state index contributed by atoms with van der Waals surface area (Å²) in [5.74, 6) is -0.0395. The topological polar surface area (TPSA) is 51.7 Å². The first-order valence-electron chi connectivity index (χ1n) is 9.20. The lowest BCUT2D eigenvalue weighted by molar-refractivity contribution is 0.0979. The van der Waals surface area contributed by atoms with E-state index in [9.17, 15) is 9.18 Å². The molecule has 0 radical (unpaired) electrons. The number of hydrogen-bond donors (Lipinski definition) is 0. The van der Waals surface area contributed by atoms with Gasteiger partial charge in [-0.25, -0.2) is 9.37 Å². The molecule has 1 heterocycles. The molecule has 152 valence electrons. The number of benzene rings is 2. The van der Waals surface area contributed by atoms with E-state index in [1.54, 1.807) is 46.6 Å². The quantitative estimate of drug-likeness (QED) is 0.531. The van der Waals surface area contributed by atoms with E-state index in [0.29, 0.717) is 23.6 Å². The van der Waals surface area contributed by atoms with E-state index >= 15 is 0 Å². The Bertz CT molecular complexity index is 1000. The molecule has 5 nitrogen and oxygen atoms in total. The molecule has 0 bridgehead atoms. The van der Waals surface area contributed by atoms with Crippen molar-refractivity contribution >= 4 is 22.9 Å². The van der Waals surface area contributed by atoms with Crippen LogP contribution >= 0.6 is 11.3 Å². The van der Waals surface area contributed by atoms with E-state index in [2.05, 4.69) is 4.98 Å². The highest BCUT2D eigenvalue weighted by Gasteiger charge is 2.22. The Kier molecular flexibility index (Phi) is 6.49. The summed E-state index contributed by atoms with van der Waals surface area (Å²) in [7, 11) is 1.40. The Balaban J connectivity index is 1.82. The van der Waals surface area contributed by atoms with E-state index in [-0.39, 0.29) is 17.7 Å². The Morgan fingerprint density at radius 3 is 2.66 bits per heavy atom. The van der Waals surface area contributed by atoms with Gasteiger partial charge in [-0.1, -0.05) is 6.07 Å². The van der Waals surface area contributed by atoms with Gasteiger partial charge in [-0.2, -0.15) is 0 Å². The third-order valence-electron chi connectivity index (χ3n) is 4.28. The van der Waals surface area contributed by atoms with Gasteiger partial charge < -0.3 is 14.4 Å². The molecule has 0 saturated heterocycles. The fraction of sp³-hybridized carbons (Fsp3) is 0.273. The Hall–Kier alpha value is -2.93. The number of hydrogen-bond acceptors (Lipinski definition) is 5. The average molecular weight is 415 g/mol. The summed E-state index contributed by atoms with van der Waals surface area (Å²) in [5, 5.41) is 2.93. The van der Waals surface area contributed by atoms with Crippen LogP contribution in [0.1, 0.15) is 34.9 Å². The number of nitrogens with zero attached hydrogens (tertiary/aromatic N) is 2. The Morgan fingerprint density at radius 1 is 1.24 bits per heavy atom. The van der Waals surface area contributed by atoms with Crippen molar-refractivity contribution in [2.24, 2.45) is 0 Å². The van der Waals surface area contributed by atoms with Crippen LogP contribution in [0.2, 0.25) is 0 Å². The summed E-state index contributed by atoms with van der Waals surface area (Å²) >= 11 is 1.56. The number of aromatic nitrogens is 1. The summed E-state index contributed by atoms with van der Waals surface area (Å²) in [6, 6.07) is 11.3. The van der Waals surface area contributed by atoms with Crippen molar-refractivity contribution in [3.05, 3.63) is 69.9 Å². The van der Waals surface area contributed by atoms with Gasteiger partial charge in [0.2, 0.25) is 0 Å². The monoisotopic (exact) mass is 414 g/mol. The molecule has 0 aliphatic carbocycles. The van der Waals surface area contributed by atoms with Crippen LogP contribution < -0.4 is 14.4 Å². The molecule has 3 rings (SSSR count). The highest BCUT2D eigenvalue weighted by atomic mass is 32.1. The average Bonchev–Trinajstić information content (AvgIpc) is 3.12. The van der Waals surface area contributed by atoms with Crippen LogP contribution in [0.25, 0.3) is 0 Å². The number of amides is 1. The van der Waals surface area contributed by atoms with E-state index < -0.39 is 5.82 Å². The van der Waals surface area contributed by atoms with Crippen molar-refractivity contribution in [1.82, 2.24) is 4.98 Å². The molecule has 0 fully saturated rings. The van der Waals surface area contributed by atoms with Gasteiger partial charge in [0.15, 0.2) is 11.6 Å². The summed E-state index contributed by atoms with van der Waals surface area (Å²) in [5.41, 5.74) is 1.77. The second-order valence-corrected chi connectivity index (χ2v) is 7.82. The molecule has 29 heavy (non-hydrogen) atoms. The van der Waals surface area contributed by atoms with Crippen LogP contribution in [-0.2, 0) is 6.61 Å². The van der Waals surface area contributed by atoms with Gasteiger partial charge in [-0.15, -0.1) is 11.3 Å². The van der Waals surface area contributed by atoms with Crippen LogP contribution in [0.4, 0.5) is 10.1 Å². The summed E-state index contributed by atoms with van der Waals surface area (Å²) in [4.78, 5) is 19.1. The molecule has 0 aliphatic heterocycles. The first-order valence-corrected chi connectivity index (χ1v) is 10.1. The highest BCUT2D eigenvalue weighted by Crippen LogP contribution is 2.27. The highest BCUT2D eigenvalue weighted by molar-refractivity contribution is 7.09. The SMILES string of the molecule is COc1ccc(N(C(=O)c2cccc(OCc3csc(C)n3)c2)C(C)C)cc1F. The molecule has 3 aromatic rings. The first-order chi connectivity index (χ1) is 13.9. The van der Waals surface area contributed by atoms with Crippen molar-refractivity contribution in [2.45, 2.75) is 33.4 Å². The number of halogens is 1. The molecular formula is C22H23FN2O3S. The predicted octanol–water partition coefficient (Wildman–Crippen LogP) is 5.23. The Labute approximate surface area is 173 Å². The zero-order chi connectivity index (χ0) is 21.0. The van der Waals surface area contributed by atoms with E-state index in [1.165, 1.54) is 19.2 Å². The largest absolute Gasteiger partial charge is 0.494 e. The molecule has 0 spiro atoms. The van der Waals surface area contributed by atoms with Gasteiger partial charge in [-0.05, 0) is 51.1 Å². The zero-order valence-corrected chi connectivity index (χ0v) is 17.6. The lowest BCUT2D eigenvalue weighted by atomic mass is 10.1. The van der Waals surface area contributed by atoms with E-state index in [4.69, 9.17) is 9.47 Å². The molecule has 0 unspecified atom stereocenters. The van der Waals surface area contributed by atoms with Crippen LogP contribution in [0, 0.1) is 12.7 Å². The Morgan fingerprint density at radius 2 is 2.03 bits per heavy atom. The maximum absolute atomic E-state index is 14.2. The van der Waals surface area contributed by atoms with Gasteiger partial charge in [0.1, 0.15) is 12.4 Å². The standard InChI is InChI=1S/C22H23FN2O3S/c1-14(2)25(18-8-9-21(27-4)20(23)11-18)22(26)16-6-5-7-19(10-16)28-12-17-13-29-15(3)24-17/h5-11,13-14H,12H2,1-4H3. The second-order valence-electron chi connectivity index (χ2n) is 6.76. The fourth-order valence-electron chi connectivity index (χ4n) is 2.94. The second kappa shape index (κ2) is 9.05. The number of carbonyl (C=O) groups is 1. The van der Waals surface area contributed by atoms with Crippen molar-refractivity contribution in [2.75, 3.05) is 12.0 Å². The summed E-state index contributed by atoms with van der Waals surface area (Å²) < 4.78 is 24.9. The van der Waals surface area contributed by atoms with Crippen molar-refractivity contribution < 1.29 is 18.7 Å². The molecule has 2 aromatic carbocycles. The van der Waals surface area contributed by atoms with Gasteiger partial charge >= 0.3 is 0 Å². The van der Waals surface area contributed by atoms with E-state index in [0.717, 1.165) is 10.7 Å². The molecule has 7 heteroatoms. The smallest absolute Gasteiger partial charge is 0.258 e. The van der Waals surface area contributed by atoms with Gasteiger partial charge in [0.25, 0.3) is 5.91 Å². The number of aryl methyl sites for hydroxylation is 1. The number of rotatable bonds is 7. The van der Waals surface area contributed by atoms with Crippen LogP contribution in [0.5, 0.6) is 11.5 Å². The molecule has 1 aromatic heterocycles. The predicted molar refractivity (Wildman–Crippen MR) is 113 cm³/mol. The maximum Gasteiger partial charge on any atom is 0.258 e. The number of thiazole rings is 1. The minimum atomic E-state index is -0.515. The molecule has 1 amide bonds. The van der Waals surface area contributed by atoms with Crippen molar-refractivity contribution in [3.63, 3.8) is 0 Å². The first kappa shape index (κ1) is 20.8.